The Bertz CT molecular complexity index is 617. The highest BCUT2D eigenvalue weighted by Crippen LogP contribution is 2.19. The standard InChI is InChI=1S/C16H24N2O3S/c1-4-14(3)16(19)17-9-11-18(12-10-17)22(20,21)15-7-5-13(2)6-8-15/h5-8,14H,4,9-12H2,1-3H3. The predicted molar refractivity (Wildman–Crippen MR) is 86.0 cm³/mol. The number of piperazine rings is 1. The monoisotopic (exact) mass is 324 g/mol. The third-order valence-corrected chi connectivity index (χ3v) is 6.16. The number of nitrogens with zero attached hydrogens (tertiary/aromatic N) is 2. The largest absolute Gasteiger partial charge is 0.340 e. The summed E-state index contributed by atoms with van der Waals surface area (Å²) in [7, 11) is -3.46. The Kier molecular flexibility index (Phi) is 5.24. The van der Waals surface area contributed by atoms with E-state index >= 15 is 0 Å². The van der Waals surface area contributed by atoms with Crippen molar-refractivity contribution in [3.05, 3.63) is 29.8 Å². The number of sulfonamides is 1. The second-order valence-corrected chi connectivity index (χ2v) is 7.79. The molecule has 0 bridgehead atoms. The molecule has 5 nitrogen and oxygen atoms in total. The van der Waals surface area contributed by atoms with Crippen LogP contribution >= 0.6 is 0 Å². The molecule has 122 valence electrons. The normalized spacial score (nSPS) is 18.2. The molecule has 1 aliphatic heterocycles. The lowest BCUT2D eigenvalue weighted by molar-refractivity contribution is -0.136. The minimum absolute atomic E-state index is 0.000237. The molecule has 1 aromatic rings. The number of hydrogen-bond donors (Lipinski definition) is 0. The lowest BCUT2D eigenvalue weighted by Crippen LogP contribution is -2.51. The third kappa shape index (κ3) is 3.50. The zero-order chi connectivity index (χ0) is 16.3. The number of benzene rings is 1. The molecule has 1 saturated heterocycles. The zero-order valence-corrected chi connectivity index (χ0v) is 14.3. The van der Waals surface area contributed by atoms with Gasteiger partial charge in [-0.1, -0.05) is 31.5 Å². The van der Waals surface area contributed by atoms with Gasteiger partial charge in [0.25, 0.3) is 0 Å². The Morgan fingerprint density at radius 1 is 1.14 bits per heavy atom. The summed E-state index contributed by atoms with van der Waals surface area (Å²) in [5, 5.41) is 0. The molecule has 0 aromatic heterocycles. The highest BCUT2D eigenvalue weighted by atomic mass is 32.2. The SMILES string of the molecule is CCC(C)C(=O)N1CCN(S(=O)(=O)c2ccc(C)cc2)CC1. The summed E-state index contributed by atoms with van der Waals surface area (Å²) in [6.45, 7) is 7.48. The van der Waals surface area contributed by atoms with Crippen molar-refractivity contribution < 1.29 is 13.2 Å². The van der Waals surface area contributed by atoms with E-state index in [2.05, 4.69) is 0 Å². The van der Waals surface area contributed by atoms with Crippen molar-refractivity contribution >= 4 is 15.9 Å². The molecular weight excluding hydrogens is 300 g/mol. The van der Waals surface area contributed by atoms with Crippen molar-refractivity contribution in [1.82, 2.24) is 9.21 Å². The van der Waals surface area contributed by atoms with E-state index in [4.69, 9.17) is 0 Å². The van der Waals surface area contributed by atoms with E-state index in [-0.39, 0.29) is 11.8 Å². The van der Waals surface area contributed by atoms with Gasteiger partial charge in [0.2, 0.25) is 15.9 Å². The Morgan fingerprint density at radius 3 is 2.18 bits per heavy atom. The molecule has 1 aromatic carbocycles. The van der Waals surface area contributed by atoms with E-state index < -0.39 is 10.0 Å². The average molecular weight is 324 g/mol. The summed E-state index contributed by atoms with van der Waals surface area (Å²) in [5.41, 5.74) is 1.03. The van der Waals surface area contributed by atoms with Gasteiger partial charge in [-0.05, 0) is 25.5 Å². The highest BCUT2D eigenvalue weighted by molar-refractivity contribution is 7.89. The minimum Gasteiger partial charge on any atom is -0.340 e. The molecule has 1 aliphatic rings. The van der Waals surface area contributed by atoms with Crippen LogP contribution in [0.25, 0.3) is 0 Å². The van der Waals surface area contributed by atoms with Crippen LogP contribution in [0.4, 0.5) is 0 Å². The summed E-state index contributed by atoms with van der Waals surface area (Å²) in [6, 6.07) is 6.88. The summed E-state index contributed by atoms with van der Waals surface area (Å²) in [5.74, 6) is 0.120. The third-order valence-electron chi connectivity index (χ3n) is 4.24. The first-order chi connectivity index (χ1) is 10.4. The van der Waals surface area contributed by atoms with Crippen LogP contribution in [0.2, 0.25) is 0 Å². The number of aryl methyl sites for hydroxylation is 1. The molecule has 1 fully saturated rings. The summed E-state index contributed by atoms with van der Waals surface area (Å²) >= 11 is 0. The fourth-order valence-corrected chi connectivity index (χ4v) is 3.92. The maximum Gasteiger partial charge on any atom is 0.243 e. The molecule has 6 heteroatoms. The van der Waals surface area contributed by atoms with Gasteiger partial charge in [-0.2, -0.15) is 4.31 Å². The molecule has 0 spiro atoms. The van der Waals surface area contributed by atoms with Crippen LogP contribution in [-0.4, -0.2) is 49.7 Å². The molecule has 22 heavy (non-hydrogen) atoms. The summed E-state index contributed by atoms with van der Waals surface area (Å²) in [6.07, 6.45) is 0.806. The number of amides is 1. The predicted octanol–water partition coefficient (Wildman–Crippen LogP) is 1.87. The number of rotatable bonds is 4. The maximum atomic E-state index is 12.6. The molecule has 1 amide bonds. The molecule has 1 unspecified atom stereocenters. The Balaban J connectivity index is 2.05. The molecular formula is C16H24N2O3S. The van der Waals surface area contributed by atoms with Crippen LogP contribution in [0.5, 0.6) is 0 Å². The summed E-state index contributed by atoms with van der Waals surface area (Å²) in [4.78, 5) is 14.2. The Labute approximate surface area is 133 Å². The fraction of sp³-hybridized carbons (Fsp3) is 0.562. The van der Waals surface area contributed by atoms with Crippen molar-refractivity contribution in [2.75, 3.05) is 26.2 Å². The lowest BCUT2D eigenvalue weighted by Gasteiger charge is -2.35. The second kappa shape index (κ2) is 6.79. The Hall–Kier alpha value is -1.40. The molecule has 0 saturated carbocycles. The van der Waals surface area contributed by atoms with Crippen LogP contribution in [0.15, 0.2) is 29.2 Å². The quantitative estimate of drug-likeness (QED) is 0.849. The Morgan fingerprint density at radius 2 is 1.68 bits per heavy atom. The minimum atomic E-state index is -3.46. The summed E-state index contributed by atoms with van der Waals surface area (Å²) < 4.78 is 26.6. The average Bonchev–Trinajstić information content (AvgIpc) is 2.54. The van der Waals surface area contributed by atoms with Gasteiger partial charge in [0, 0.05) is 32.1 Å². The maximum absolute atomic E-state index is 12.6. The topological polar surface area (TPSA) is 57.7 Å². The van der Waals surface area contributed by atoms with Crippen LogP contribution in [-0.2, 0) is 14.8 Å². The van der Waals surface area contributed by atoms with E-state index in [1.54, 1.807) is 29.2 Å². The van der Waals surface area contributed by atoms with Crippen molar-refractivity contribution in [3.63, 3.8) is 0 Å². The van der Waals surface area contributed by atoms with E-state index in [9.17, 15) is 13.2 Å². The number of hydrogen-bond acceptors (Lipinski definition) is 3. The van der Waals surface area contributed by atoms with Crippen molar-refractivity contribution in [1.29, 1.82) is 0 Å². The van der Waals surface area contributed by atoms with Gasteiger partial charge in [0.15, 0.2) is 0 Å². The first-order valence-corrected chi connectivity index (χ1v) is 9.16. The van der Waals surface area contributed by atoms with Gasteiger partial charge >= 0.3 is 0 Å². The van der Waals surface area contributed by atoms with Gasteiger partial charge in [-0.25, -0.2) is 8.42 Å². The van der Waals surface area contributed by atoms with Crippen LogP contribution < -0.4 is 0 Å². The molecule has 1 atom stereocenters. The molecule has 0 N–H and O–H groups in total. The molecule has 0 radical (unpaired) electrons. The smallest absolute Gasteiger partial charge is 0.243 e. The van der Waals surface area contributed by atoms with Crippen LogP contribution in [0.1, 0.15) is 25.8 Å². The molecule has 0 aliphatic carbocycles. The van der Waals surface area contributed by atoms with Gasteiger partial charge in [0.05, 0.1) is 4.90 Å². The van der Waals surface area contributed by atoms with Crippen LogP contribution in [0, 0.1) is 12.8 Å². The van der Waals surface area contributed by atoms with Crippen molar-refractivity contribution in [3.8, 4) is 0 Å². The molecule has 2 rings (SSSR count). The first kappa shape index (κ1) is 17.0. The lowest BCUT2D eigenvalue weighted by atomic mass is 10.1. The van der Waals surface area contributed by atoms with Crippen molar-refractivity contribution in [2.24, 2.45) is 5.92 Å². The second-order valence-electron chi connectivity index (χ2n) is 5.85. The van der Waals surface area contributed by atoms with E-state index in [1.165, 1.54) is 4.31 Å². The fourth-order valence-electron chi connectivity index (χ4n) is 2.49. The van der Waals surface area contributed by atoms with Crippen molar-refractivity contribution in [2.45, 2.75) is 32.1 Å². The van der Waals surface area contributed by atoms with Crippen LogP contribution in [0.3, 0.4) is 0 Å². The van der Waals surface area contributed by atoms with E-state index in [0.717, 1.165) is 12.0 Å². The highest BCUT2D eigenvalue weighted by Gasteiger charge is 2.30. The first-order valence-electron chi connectivity index (χ1n) is 7.72. The molecule has 1 heterocycles. The van der Waals surface area contributed by atoms with Gasteiger partial charge < -0.3 is 4.90 Å². The van der Waals surface area contributed by atoms with Gasteiger partial charge in [-0.15, -0.1) is 0 Å². The zero-order valence-electron chi connectivity index (χ0n) is 13.4. The van der Waals surface area contributed by atoms with Gasteiger partial charge in [-0.3, -0.25) is 4.79 Å². The van der Waals surface area contributed by atoms with Gasteiger partial charge in [0.1, 0.15) is 0 Å². The number of carbonyl (C=O) groups is 1. The number of carbonyl (C=O) groups excluding carboxylic acids is 1. The van der Waals surface area contributed by atoms with E-state index in [0.29, 0.717) is 31.1 Å². The van der Waals surface area contributed by atoms with E-state index in [1.807, 2.05) is 20.8 Å².